The van der Waals surface area contributed by atoms with Crippen LogP contribution in [0.15, 0.2) is 0 Å². The third kappa shape index (κ3) is 6.77. The molecule has 0 aliphatic heterocycles. The number of hydrogen-bond donors (Lipinski definition) is 1. The van der Waals surface area contributed by atoms with Gasteiger partial charge in [-0.15, -0.1) is 0 Å². The zero-order valence-corrected chi connectivity index (χ0v) is 11.8. The normalized spacial score (nSPS) is 15.6. The van der Waals surface area contributed by atoms with Gasteiger partial charge >= 0.3 is 6.09 Å². The Kier molecular flexibility index (Phi) is 6.25. The lowest BCUT2D eigenvalue weighted by molar-refractivity contribution is 0.0502. The molecule has 0 radical (unpaired) electrons. The van der Waals surface area contributed by atoms with Crippen molar-refractivity contribution in [3.05, 3.63) is 0 Å². The summed E-state index contributed by atoms with van der Waals surface area (Å²) in [5.74, 6) is 0. The van der Waals surface area contributed by atoms with Crippen molar-refractivity contribution in [2.24, 2.45) is 0 Å². The van der Waals surface area contributed by atoms with E-state index in [1.54, 1.807) is 0 Å². The van der Waals surface area contributed by atoms with Crippen LogP contribution in [0.2, 0.25) is 0 Å². The van der Waals surface area contributed by atoms with Gasteiger partial charge in [0.25, 0.3) is 0 Å². The lowest BCUT2D eigenvalue weighted by atomic mass is 10.1. The number of amides is 1. The fraction of sp³-hybridized carbons (Fsp3) is 0.909. The highest BCUT2D eigenvalue weighted by Gasteiger charge is 2.21. The third-order valence-electron chi connectivity index (χ3n) is 1.97. The zero-order valence-electron chi connectivity index (χ0n) is 10.3. The molecule has 0 saturated carbocycles. The van der Waals surface area contributed by atoms with Gasteiger partial charge in [-0.25, -0.2) is 4.79 Å². The number of halogens is 1. The number of alkyl carbamates (subject to hydrolysis) is 1. The summed E-state index contributed by atoms with van der Waals surface area (Å²) in [5, 5.41) is 2.87. The second kappa shape index (κ2) is 6.36. The van der Waals surface area contributed by atoms with Gasteiger partial charge in [0.2, 0.25) is 0 Å². The molecule has 0 saturated heterocycles. The molecule has 0 aromatic carbocycles. The van der Waals surface area contributed by atoms with E-state index in [1.165, 1.54) is 0 Å². The first-order valence-electron chi connectivity index (χ1n) is 5.43. The number of hydrogen-bond acceptors (Lipinski definition) is 2. The van der Waals surface area contributed by atoms with E-state index in [9.17, 15) is 4.79 Å². The molecule has 0 spiro atoms. The van der Waals surface area contributed by atoms with Gasteiger partial charge in [-0.05, 0) is 33.6 Å². The second-order valence-corrected chi connectivity index (χ2v) is 5.76. The minimum absolute atomic E-state index is 0.129. The van der Waals surface area contributed by atoms with Crippen LogP contribution in [-0.4, -0.2) is 22.6 Å². The van der Waals surface area contributed by atoms with Gasteiger partial charge in [0, 0.05) is 10.9 Å². The lowest BCUT2D eigenvalue weighted by Gasteiger charge is -2.25. The quantitative estimate of drug-likeness (QED) is 0.801. The van der Waals surface area contributed by atoms with Crippen LogP contribution in [-0.2, 0) is 4.74 Å². The summed E-state index contributed by atoms with van der Waals surface area (Å²) in [4.78, 5) is 11.8. The molecule has 0 bridgehead atoms. The van der Waals surface area contributed by atoms with E-state index in [2.05, 4.69) is 28.2 Å². The number of alkyl halides is 1. The highest BCUT2D eigenvalue weighted by Crippen LogP contribution is 2.14. The Hall–Kier alpha value is -0.250. The molecule has 0 aliphatic carbocycles. The van der Waals surface area contributed by atoms with Crippen LogP contribution in [0.25, 0.3) is 0 Å². The fourth-order valence-corrected chi connectivity index (χ4v) is 1.70. The number of rotatable bonds is 4. The summed E-state index contributed by atoms with van der Waals surface area (Å²) in [6.45, 7) is 9.71. The van der Waals surface area contributed by atoms with Crippen molar-refractivity contribution in [1.82, 2.24) is 5.32 Å². The van der Waals surface area contributed by atoms with Crippen LogP contribution in [0.5, 0.6) is 0 Å². The van der Waals surface area contributed by atoms with Gasteiger partial charge < -0.3 is 10.1 Å². The smallest absolute Gasteiger partial charge is 0.407 e. The van der Waals surface area contributed by atoms with E-state index in [1.807, 2.05) is 27.7 Å². The van der Waals surface area contributed by atoms with Crippen LogP contribution < -0.4 is 5.32 Å². The van der Waals surface area contributed by atoms with E-state index in [4.69, 9.17) is 4.74 Å². The van der Waals surface area contributed by atoms with Gasteiger partial charge in [0.15, 0.2) is 0 Å². The molecule has 0 aromatic heterocycles. The molecule has 0 heterocycles. The van der Waals surface area contributed by atoms with Crippen molar-refractivity contribution in [3.63, 3.8) is 0 Å². The highest BCUT2D eigenvalue weighted by atomic mass is 79.9. The van der Waals surface area contributed by atoms with Gasteiger partial charge in [0.1, 0.15) is 5.60 Å². The average molecular weight is 280 g/mol. The molecule has 0 rings (SSSR count). The molecule has 0 aromatic rings. The molecule has 0 fully saturated rings. The van der Waals surface area contributed by atoms with Crippen molar-refractivity contribution in [2.45, 2.75) is 63.9 Å². The minimum Gasteiger partial charge on any atom is -0.444 e. The molecule has 1 amide bonds. The molecular formula is C11H22BrNO2. The molecule has 3 nitrogen and oxygen atoms in total. The van der Waals surface area contributed by atoms with Gasteiger partial charge in [-0.2, -0.15) is 0 Å². The van der Waals surface area contributed by atoms with E-state index in [-0.39, 0.29) is 12.1 Å². The first-order chi connectivity index (χ1) is 6.80. The van der Waals surface area contributed by atoms with Crippen molar-refractivity contribution in [3.8, 4) is 0 Å². The Morgan fingerprint density at radius 3 is 2.20 bits per heavy atom. The second-order valence-electron chi connectivity index (χ2n) is 4.59. The number of carbonyl (C=O) groups excluding carboxylic acids is 1. The molecule has 0 unspecified atom stereocenters. The van der Waals surface area contributed by atoms with E-state index in [0.717, 1.165) is 12.8 Å². The summed E-state index contributed by atoms with van der Waals surface area (Å²) >= 11 is 3.54. The van der Waals surface area contributed by atoms with E-state index < -0.39 is 5.60 Å². The Labute approximate surface area is 101 Å². The molecule has 1 N–H and O–H groups in total. The van der Waals surface area contributed by atoms with Crippen LogP contribution in [0.3, 0.4) is 0 Å². The number of nitrogens with one attached hydrogen (secondary N) is 1. The van der Waals surface area contributed by atoms with Gasteiger partial charge in [0.05, 0.1) is 0 Å². The van der Waals surface area contributed by atoms with Crippen LogP contribution >= 0.6 is 15.9 Å². The van der Waals surface area contributed by atoms with Crippen molar-refractivity contribution in [2.75, 3.05) is 0 Å². The monoisotopic (exact) mass is 279 g/mol. The van der Waals surface area contributed by atoms with E-state index in [0.29, 0.717) is 4.83 Å². The van der Waals surface area contributed by atoms with Crippen molar-refractivity contribution in [1.29, 1.82) is 0 Å². The van der Waals surface area contributed by atoms with Gasteiger partial charge in [-0.1, -0.05) is 29.8 Å². The zero-order chi connectivity index (χ0) is 12.1. The first kappa shape index (κ1) is 14.8. The maximum atomic E-state index is 11.5. The minimum atomic E-state index is -0.434. The first-order valence-corrected chi connectivity index (χ1v) is 6.35. The molecule has 2 atom stereocenters. The standard InChI is InChI=1S/C11H22BrNO2/c1-6-8(12)9(7-2)13-10(14)15-11(3,4)5/h8-9H,6-7H2,1-5H3,(H,13,14)/t8-,9+/m1/s1. The molecule has 0 aliphatic rings. The van der Waals surface area contributed by atoms with Crippen LogP contribution in [0, 0.1) is 0 Å². The molecular weight excluding hydrogens is 258 g/mol. The van der Waals surface area contributed by atoms with Crippen molar-refractivity contribution < 1.29 is 9.53 Å². The molecule has 90 valence electrons. The average Bonchev–Trinajstić information content (AvgIpc) is 2.10. The fourth-order valence-electron chi connectivity index (χ4n) is 1.19. The van der Waals surface area contributed by atoms with E-state index >= 15 is 0 Å². The summed E-state index contributed by atoms with van der Waals surface area (Å²) < 4.78 is 5.19. The topological polar surface area (TPSA) is 38.3 Å². The Bertz CT molecular complexity index is 201. The van der Waals surface area contributed by atoms with Gasteiger partial charge in [-0.3, -0.25) is 0 Å². The lowest BCUT2D eigenvalue weighted by Crippen LogP contribution is -2.43. The van der Waals surface area contributed by atoms with Crippen molar-refractivity contribution >= 4 is 22.0 Å². The highest BCUT2D eigenvalue weighted by molar-refractivity contribution is 9.09. The summed E-state index contributed by atoms with van der Waals surface area (Å²) in [6, 6.07) is 0.129. The Morgan fingerprint density at radius 2 is 1.87 bits per heavy atom. The third-order valence-corrected chi connectivity index (χ3v) is 3.25. The number of carbonyl (C=O) groups is 1. The molecule has 4 heteroatoms. The SMILES string of the molecule is CC[C@@H](Br)[C@H](CC)NC(=O)OC(C)(C)C. The molecule has 15 heavy (non-hydrogen) atoms. The maximum Gasteiger partial charge on any atom is 0.407 e. The summed E-state index contributed by atoms with van der Waals surface area (Å²) in [5.41, 5.74) is -0.434. The number of ether oxygens (including phenoxy) is 1. The summed E-state index contributed by atoms with van der Waals surface area (Å²) in [6.07, 6.45) is 1.53. The predicted octanol–water partition coefficient (Wildman–Crippen LogP) is 3.46. The van der Waals surface area contributed by atoms with Crippen LogP contribution in [0.1, 0.15) is 47.5 Å². The summed E-state index contributed by atoms with van der Waals surface area (Å²) in [7, 11) is 0. The predicted molar refractivity (Wildman–Crippen MR) is 66.5 cm³/mol. The maximum absolute atomic E-state index is 11.5. The Morgan fingerprint density at radius 1 is 1.33 bits per heavy atom. The largest absolute Gasteiger partial charge is 0.444 e. The van der Waals surface area contributed by atoms with Crippen LogP contribution in [0.4, 0.5) is 4.79 Å². The Balaban J connectivity index is 4.13.